The number of hydrogen-bond acceptors (Lipinski definition) is 5. The average Bonchev–Trinajstić information content (AvgIpc) is 3.24. The number of amides is 2. The predicted molar refractivity (Wildman–Crippen MR) is 155 cm³/mol. The number of aryl methyl sites for hydroxylation is 1. The minimum atomic E-state index is -0.614. The lowest BCUT2D eigenvalue weighted by molar-refractivity contribution is -0.130. The van der Waals surface area contributed by atoms with Gasteiger partial charge in [0.1, 0.15) is 17.2 Å². The number of carbonyl (C=O) groups is 2. The minimum absolute atomic E-state index is 0.146. The smallest absolute Gasteiger partial charge is 0.254 e. The summed E-state index contributed by atoms with van der Waals surface area (Å²) in [6.07, 6.45) is 3.97. The summed E-state index contributed by atoms with van der Waals surface area (Å²) >= 11 is 0. The Labute approximate surface area is 245 Å². The first-order chi connectivity index (χ1) is 20.1. The van der Waals surface area contributed by atoms with Gasteiger partial charge in [0.15, 0.2) is 0 Å². The monoisotopic (exact) mass is 579 g/mol. The molecule has 3 aromatic rings. The van der Waals surface area contributed by atoms with E-state index in [0.717, 1.165) is 44.6 Å². The highest BCUT2D eigenvalue weighted by atomic mass is 19.1. The van der Waals surface area contributed by atoms with E-state index in [9.17, 15) is 14.0 Å². The van der Waals surface area contributed by atoms with Crippen LogP contribution in [0, 0.1) is 24.6 Å². The standard InChI is InChI=1S/C32H39F2N5O3/c1-19-18-42-12-11-38(19)32(41)29-14-26(33)5-6-27(29)28-13-24(17-39-21(3)35-31(34)30(28)39)25-15-37(16-25)20(2)23-7-9-36(10-8-23)22(4)40/h5-6,13-14,17,19-20,23,25H,7-12,15-16,18H2,1-4H3/t19-,20+/m1/s1. The number of morpholine rings is 1. The molecule has 2 amide bonds. The van der Waals surface area contributed by atoms with Crippen molar-refractivity contribution in [2.75, 3.05) is 45.9 Å². The fourth-order valence-electron chi connectivity index (χ4n) is 6.92. The summed E-state index contributed by atoms with van der Waals surface area (Å²) in [7, 11) is 0. The Morgan fingerprint density at radius 3 is 2.50 bits per heavy atom. The van der Waals surface area contributed by atoms with Crippen LogP contribution in [0.3, 0.4) is 0 Å². The minimum Gasteiger partial charge on any atom is -0.377 e. The Bertz CT molecular complexity index is 1510. The van der Waals surface area contributed by atoms with E-state index >= 15 is 4.39 Å². The molecule has 0 aliphatic carbocycles. The van der Waals surface area contributed by atoms with Crippen LogP contribution >= 0.6 is 0 Å². The molecule has 2 aromatic heterocycles. The maximum atomic E-state index is 15.3. The summed E-state index contributed by atoms with van der Waals surface area (Å²) in [5.74, 6) is 0.0177. The number of pyridine rings is 1. The van der Waals surface area contributed by atoms with Crippen molar-refractivity contribution in [2.45, 2.75) is 58.5 Å². The van der Waals surface area contributed by atoms with E-state index < -0.39 is 11.8 Å². The Balaban J connectivity index is 1.30. The van der Waals surface area contributed by atoms with Gasteiger partial charge in [0.25, 0.3) is 5.91 Å². The normalized spacial score (nSPS) is 21.5. The molecule has 42 heavy (non-hydrogen) atoms. The fourth-order valence-corrected chi connectivity index (χ4v) is 6.92. The second-order valence-corrected chi connectivity index (χ2v) is 12.2. The molecule has 3 saturated heterocycles. The summed E-state index contributed by atoms with van der Waals surface area (Å²) in [5, 5.41) is 0. The van der Waals surface area contributed by atoms with E-state index in [0.29, 0.717) is 48.7 Å². The molecular formula is C32H39F2N5O3. The number of nitrogens with zero attached hydrogens (tertiary/aromatic N) is 5. The summed E-state index contributed by atoms with van der Waals surface area (Å²) in [4.78, 5) is 35.7. The van der Waals surface area contributed by atoms with Crippen LogP contribution in [0.4, 0.5) is 8.78 Å². The second-order valence-electron chi connectivity index (χ2n) is 12.2. The van der Waals surface area contributed by atoms with Crippen molar-refractivity contribution in [3.05, 3.63) is 59.2 Å². The topological polar surface area (TPSA) is 70.4 Å². The highest BCUT2D eigenvalue weighted by Crippen LogP contribution is 2.38. The number of rotatable bonds is 5. The lowest BCUT2D eigenvalue weighted by Gasteiger charge is -2.47. The van der Waals surface area contributed by atoms with Crippen LogP contribution in [0.5, 0.6) is 0 Å². The molecule has 0 spiro atoms. The van der Waals surface area contributed by atoms with Crippen molar-refractivity contribution in [1.29, 1.82) is 0 Å². The third-order valence-corrected chi connectivity index (χ3v) is 9.64. The van der Waals surface area contributed by atoms with Gasteiger partial charge in [0.2, 0.25) is 11.9 Å². The summed E-state index contributed by atoms with van der Waals surface area (Å²) in [5.41, 5.74) is 2.57. The van der Waals surface area contributed by atoms with Crippen LogP contribution in [0.1, 0.15) is 61.3 Å². The zero-order chi connectivity index (χ0) is 29.7. The third-order valence-electron chi connectivity index (χ3n) is 9.64. The summed E-state index contributed by atoms with van der Waals surface area (Å²) < 4.78 is 37.2. The molecule has 0 bridgehead atoms. The molecule has 224 valence electrons. The highest BCUT2D eigenvalue weighted by Gasteiger charge is 2.37. The maximum absolute atomic E-state index is 15.3. The number of carbonyl (C=O) groups excluding carboxylic acids is 2. The van der Waals surface area contributed by atoms with Crippen molar-refractivity contribution >= 4 is 17.3 Å². The van der Waals surface area contributed by atoms with Crippen molar-refractivity contribution in [2.24, 2.45) is 5.92 Å². The van der Waals surface area contributed by atoms with Crippen LogP contribution in [-0.4, -0.2) is 93.9 Å². The van der Waals surface area contributed by atoms with Crippen LogP contribution in [0.25, 0.3) is 16.6 Å². The Morgan fingerprint density at radius 1 is 1.07 bits per heavy atom. The van der Waals surface area contributed by atoms with Gasteiger partial charge in [0.05, 0.1) is 24.8 Å². The Hall–Kier alpha value is -3.37. The van der Waals surface area contributed by atoms with Gasteiger partial charge in [-0.15, -0.1) is 0 Å². The van der Waals surface area contributed by atoms with Gasteiger partial charge in [-0.05, 0) is 68.9 Å². The molecule has 0 radical (unpaired) electrons. The molecule has 8 nitrogen and oxygen atoms in total. The average molecular weight is 580 g/mol. The molecule has 0 saturated carbocycles. The van der Waals surface area contributed by atoms with Crippen molar-refractivity contribution in [3.63, 3.8) is 0 Å². The van der Waals surface area contributed by atoms with E-state index in [1.165, 1.54) is 12.1 Å². The van der Waals surface area contributed by atoms with E-state index in [2.05, 4.69) is 16.8 Å². The lowest BCUT2D eigenvalue weighted by atomic mass is 9.83. The van der Waals surface area contributed by atoms with Crippen molar-refractivity contribution < 1.29 is 23.1 Å². The van der Waals surface area contributed by atoms with Gasteiger partial charge < -0.3 is 18.9 Å². The van der Waals surface area contributed by atoms with E-state index in [4.69, 9.17) is 4.74 Å². The quantitative estimate of drug-likeness (QED) is 0.446. The molecule has 3 fully saturated rings. The van der Waals surface area contributed by atoms with Gasteiger partial charge in [0, 0.05) is 63.4 Å². The number of hydrogen-bond donors (Lipinski definition) is 0. The van der Waals surface area contributed by atoms with Crippen molar-refractivity contribution in [3.8, 4) is 11.1 Å². The Kier molecular flexibility index (Phi) is 7.78. The first kappa shape index (κ1) is 28.7. The van der Waals surface area contributed by atoms with E-state index in [-0.39, 0.29) is 34.9 Å². The van der Waals surface area contributed by atoms with Crippen LogP contribution in [-0.2, 0) is 9.53 Å². The largest absolute Gasteiger partial charge is 0.377 e. The number of imidazole rings is 1. The molecule has 10 heteroatoms. The molecule has 1 aromatic carbocycles. The number of likely N-dealkylation sites (tertiary alicyclic amines) is 2. The first-order valence-electron chi connectivity index (χ1n) is 15.0. The molecule has 0 N–H and O–H groups in total. The van der Waals surface area contributed by atoms with Crippen LogP contribution < -0.4 is 0 Å². The number of aromatic nitrogens is 2. The maximum Gasteiger partial charge on any atom is 0.254 e. The third kappa shape index (κ3) is 5.19. The predicted octanol–water partition coefficient (Wildman–Crippen LogP) is 4.50. The number of benzene rings is 1. The number of piperidine rings is 1. The van der Waals surface area contributed by atoms with Crippen LogP contribution in [0.15, 0.2) is 30.5 Å². The number of fused-ring (bicyclic) bond motifs is 1. The molecule has 3 aliphatic heterocycles. The molecule has 3 aliphatic rings. The van der Waals surface area contributed by atoms with Gasteiger partial charge in [-0.1, -0.05) is 6.07 Å². The molecule has 0 unspecified atom stereocenters. The zero-order valence-corrected chi connectivity index (χ0v) is 24.8. The number of ether oxygens (including phenoxy) is 1. The zero-order valence-electron chi connectivity index (χ0n) is 24.8. The fraction of sp³-hybridized carbons (Fsp3) is 0.531. The molecule has 5 heterocycles. The molecule has 6 rings (SSSR count). The molecule has 2 atom stereocenters. The Morgan fingerprint density at radius 2 is 1.81 bits per heavy atom. The van der Waals surface area contributed by atoms with Crippen LogP contribution in [0.2, 0.25) is 0 Å². The molecular weight excluding hydrogens is 540 g/mol. The van der Waals surface area contributed by atoms with Gasteiger partial charge >= 0.3 is 0 Å². The lowest BCUT2D eigenvalue weighted by Crippen LogP contribution is -2.53. The van der Waals surface area contributed by atoms with Gasteiger partial charge in [-0.2, -0.15) is 4.39 Å². The number of halogens is 2. The first-order valence-corrected chi connectivity index (χ1v) is 15.0. The highest BCUT2D eigenvalue weighted by molar-refractivity contribution is 6.03. The van der Waals surface area contributed by atoms with Gasteiger partial charge in [-0.3, -0.25) is 14.5 Å². The van der Waals surface area contributed by atoms with E-state index in [1.54, 1.807) is 29.2 Å². The SMILES string of the molecule is CC(=O)N1CCC([C@H](C)N2CC(c3cc(-c4ccc(F)cc4C(=O)N4CCOC[C@H]4C)c4c(F)nc(C)n4c3)C2)CC1. The summed E-state index contributed by atoms with van der Waals surface area (Å²) in [6.45, 7) is 12.2. The van der Waals surface area contributed by atoms with Gasteiger partial charge in [-0.25, -0.2) is 9.37 Å². The van der Waals surface area contributed by atoms with E-state index in [1.807, 2.05) is 24.1 Å². The van der Waals surface area contributed by atoms with Crippen molar-refractivity contribution in [1.82, 2.24) is 24.1 Å². The second kappa shape index (κ2) is 11.4. The summed E-state index contributed by atoms with van der Waals surface area (Å²) in [6, 6.07) is 6.38.